The Balaban J connectivity index is 1.47. The fourth-order valence-electron chi connectivity index (χ4n) is 3.56. The fourth-order valence-corrected chi connectivity index (χ4v) is 3.56. The van der Waals surface area contributed by atoms with Gasteiger partial charge in [-0.2, -0.15) is 10.2 Å². The van der Waals surface area contributed by atoms with Crippen LogP contribution in [0.5, 0.6) is 0 Å². The van der Waals surface area contributed by atoms with Crippen molar-refractivity contribution in [3.05, 3.63) is 59.8 Å². The van der Waals surface area contributed by atoms with Crippen molar-refractivity contribution in [3.63, 3.8) is 0 Å². The Morgan fingerprint density at radius 1 is 1.10 bits per heavy atom. The zero-order valence-corrected chi connectivity index (χ0v) is 17.8. The van der Waals surface area contributed by atoms with Gasteiger partial charge in [0.1, 0.15) is 5.69 Å². The van der Waals surface area contributed by atoms with Gasteiger partial charge in [0.05, 0.1) is 29.5 Å². The van der Waals surface area contributed by atoms with Gasteiger partial charge in [-0.25, -0.2) is 0 Å². The van der Waals surface area contributed by atoms with Crippen LogP contribution in [-0.2, 0) is 24.8 Å². The molecule has 31 heavy (non-hydrogen) atoms. The molecule has 4 rings (SSSR count). The first-order valence-electron chi connectivity index (χ1n) is 10.2. The Morgan fingerprint density at radius 2 is 1.87 bits per heavy atom. The SMILES string of the molecule is CCn1ncc(NC(=O)CCc2c[nH]c3ccccc23)c1C(=O)Nc1cnn(C)c1C. The van der Waals surface area contributed by atoms with E-state index in [1.165, 1.54) is 6.20 Å². The third-order valence-corrected chi connectivity index (χ3v) is 5.41. The zero-order valence-electron chi connectivity index (χ0n) is 17.8. The van der Waals surface area contributed by atoms with Crippen molar-refractivity contribution in [2.75, 3.05) is 10.6 Å². The molecule has 160 valence electrons. The number of aromatic amines is 1. The summed E-state index contributed by atoms with van der Waals surface area (Å²) in [5.41, 5.74) is 4.29. The quantitative estimate of drug-likeness (QED) is 0.427. The maximum absolute atomic E-state index is 12.9. The van der Waals surface area contributed by atoms with Crippen LogP contribution in [0.25, 0.3) is 10.9 Å². The van der Waals surface area contributed by atoms with Crippen LogP contribution in [0.4, 0.5) is 11.4 Å². The fraction of sp³-hybridized carbons (Fsp3) is 0.273. The summed E-state index contributed by atoms with van der Waals surface area (Å²) in [5.74, 6) is -0.519. The summed E-state index contributed by atoms with van der Waals surface area (Å²) in [6.07, 6.45) is 5.93. The number of hydrogen-bond acceptors (Lipinski definition) is 4. The molecular formula is C22H25N7O2. The van der Waals surface area contributed by atoms with E-state index in [0.29, 0.717) is 36.5 Å². The molecule has 3 heterocycles. The second-order valence-electron chi connectivity index (χ2n) is 7.35. The number of aromatic nitrogens is 5. The van der Waals surface area contributed by atoms with Gasteiger partial charge in [0.15, 0.2) is 0 Å². The molecule has 0 aliphatic carbocycles. The van der Waals surface area contributed by atoms with E-state index in [0.717, 1.165) is 22.2 Å². The van der Waals surface area contributed by atoms with Gasteiger partial charge < -0.3 is 15.6 Å². The van der Waals surface area contributed by atoms with E-state index in [-0.39, 0.29) is 11.8 Å². The monoisotopic (exact) mass is 419 g/mol. The molecule has 0 atom stereocenters. The average molecular weight is 419 g/mol. The molecule has 0 aliphatic rings. The average Bonchev–Trinajstić information content (AvgIpc) is 3.45. The van der Waals surface area contributed by atoms with Crippen LogP contribution in [-0.4, -0.2) is 36.4 Å². The highest BCUT2D eigenvalue weighted by Gasteiger charge is 2.21. The van der Waals surface area contributed by atoms with Crippen LogP contribution in [0.15, 0.2) is 42.9 Å². The number of amides is 2. The van der Waals surface area contributed by atoms with Crippen LogP contribution in [0, 0.1) is 6.92 Å². The summed E-state index contributed by atoms with van der Waals surface area (Å²) in [5, 5.41) is 15.2. The number of carbonyl (C=O) groups excluding carboxylic acids is 2. The second kappa shape index (κ2) is 8.47. The molecule has 1 aromatic carbocycles. The summed E-state index contributed by atoms with van der Waals surface area (Å²) in [6.45, 7) is 4.26. The molecule has 0 spiro atoms. The van der Waals surface area contributed by atoms with Gasteiger partial charge in [-0.1, -0.05) is 18.2 Å². The van der Waals surface area contributed by atoms with Crippen LogP contribution in [0.1, 0.15) is 35.1 Å². The molecule has 0 saturated heterocycles. The van der Waals surface area contributed by atoms with E-state index in [2.05, 4.69) is 25.8 Å². The van der Waals surface area contributed by atoms with Crippen LogP contribution in [0.3, 0.4) is 0 Å². The second-order valence-corrected chi connectivity index (χ2v) is 7.35. The third-order valence-electron chi connectivity index (χ3n) is 5.41. The van der Waals surface area contributed by atoms with Gasteiger partial charge in [-0.15, -0.1) is 0 Å². The smallest absolute Gasteiger partial charge is 0.276 e. The number of para-hydroxylation sites is 1. The molecule has 9 nitrogen and oxygen atoms in total. The number of benzene rings is 1. The van der Waals surface area contributed by atoms with E-state index in [4.69, 9.17) is 0 Å². The number of aryl methyl sites for hydroxylation is 3. The standard InChI is InChI=1S/C22H25N7O2/c1-4-29-21(22(31)27-18-12-24-28(3)14(18)2)19(13-25-29)26-20(30)10-9-15-11-23-17-8-6-5-7-16(15)17/h5-8,11-13,23H,4,9-10H2,1-3H3,(H,26,30)(H,27,31). The molecule has 0 radical (unpaired) electrons. The summed E-state index contributed by atoms with van der Waals surface area (Å²) < 4.78 is 3.25. The summed E-state index contributed by atoms with van der Waals surface area (Å²) >= 11 is 0. The number of H-pyrrole nitrogens is 1. The van der Waals surface area contributed by atoms with Crippen LogP contribution < -0.4 is 10.6 Å². The normalized spacial score (nSPS) is 11.1. The summed E-state index contributed by atoms with van der Waals surface area (Å²) in [6, 6.07) is 7.99. The molecule has 4 aromatic rings. The van der Waals surface area contributed by atoms with E-state index in [9.17, 15) is 9.59 Å². The maximum atomic E-state index is 12.9. The Morgan fingerprint density at radius 3 is 2.61 bits per heavy atom. The van der Waals surface area contributed by atoms with Gasteiger partial charge in [0, 0.05) is 37.1 Å². The molecule has 0 unspecified atom stereocenters. The summed E-state index contributed by atoms with van der Waals surface area (Å²) in [4.78, 5) is 28.8. The minimum atomic E-state index is -0.345. The highest BCUT2D eigenvalue weighted by Crippen LogP contribution is 2.21. The highest BCUT2D eigenvalue weighted by molar-refractivity contribution is 6.09. The van der Waals surface area contributed by atoms with Crippen molar-refractivity contribution in [3.8, 4) is 0 Å². The first-order valence-corrected chi connectivity index (χ1v) is 10.2. The number of carbonyl (C=O) groups is 2. The van der Waals surface area contributed by atoms with E-state index >= 15 is 0 Å². The number of anilines is 2. The Labute approximate surface area is 179 Å². The van der Waals surface area contributed by atoms with Crippen LogP contribution in [0.2, 0.25) is 0 Å². The minimum Gasteiger partial charge on any atom is -0.361 e. The lowest BCUT2D eigenvalue weighted by molar-refractivity contribution is -0.116. The number of rotatable bonds is 7. The number of nitrogens with zero attached hydrogens (tertiary/aromatic N) is 4. The first-order chi connectivity index (χ1) is 15.0. The Hall–Kier alpha value is -3.88. The predicted octanol–water partition coefficient (Wildman–Crippen LogP) is 3.25. The van der Waals surface area contributed by atoms with Crippen molar-refractivity contribution in [2.24, 2.45) is 7.05 Å². The van der Waals surface area contributed by atoms with Gasteiger partial charge in [-0.05, 0) is 31.9 Å². The molecule has 0 saturated carbocycles. The third kappa shape index (κ3) is 4.07. The lowest BCUT2D eigenvalue weighted by atomic mass is 10.1. The van der Waals surface area contributed by atoms with Crippen molar-refractivity contribution >= 4 is 34.1 Å². The molecule has 9 heteroatoms. The van der Waals surface area contributed by atoms with Gasteiger partial charge in [-0.3, -0.25) is 19.0 Å². The molecule has 3 N–H and O–H groups in total. The molecule has 0 bridgehead atoms. The number of hydrogen-bond donors (Lipinski definition) is 3. The minimum absolute atomic E-state index is 0.174. The van der Waals surface area contributed by atoms with E-state index in [1.807, 2.05) is 44.3 Å². The summed E-state index contributed by atoms with van der Waals surface area (Å²) in [7, 11) is 1.81. The van der Waals surface area contributed by atoms with Gasteiger partial charge in [0.25, 0.3) is 5.91 Å². The van der Waals surface area contributed by atoms with Crippen molar-refractivity contribution in [2.45, 2.75) is 33.2 Å². The van der Waals surface area contributed by atoms with E-state index in [1.54, 1.807) is 22.6 Å². The van der Waals surface area contributed by atoms with Crippen molar-refractivity contribution in [1.82, 2.24) is 24.5 Å². The van der Waals surface area contributed by atoms with Crippen molar-refractivity contribution in [1.29, 1.82) is 0 Å². The van der Waals surface area contributed by atoms with Gasteiger partial charge in [0.2, 0.25) is 5.91 Å². The largest absolute Gasteiger partial charge is 0.361 e. The highest BCUT2D eigenvalue weighted by atomic mass is 16.2. The maximum Gasteiger partial charge on any atom is 0.276 e. The van der Waals surface area contributed by atoms with E-state index < -0.39 is 0 Å². The molecule has 3 aromatic heterocycles. The lowest BCUT2D eigenvalue weighted by Crippen LogP contribution is -2.21. The number of fused-ring (bicyclic) bond motifs is 1. The zero-order chi connectivity index (χ0) is 22.0. The predicted molar refractivity (Wildman–Crippen MR) is 119 cm³/mol. The molecule has 0 fully saturated rings. The number of nitrogens with one attached hydrogen (secondary N) is 3. The van der Waals surface area contributed by atoms with Crippen molar-refractivity contribution < 1.29 is 9.59 Å². The lowest BCUT2D eigenvalue weighted by Gasteiger charge is -2.10. The molecule has 0 aliphatic heterocycles. The van der Waals surface area contributed by atoms with Crippen LogP contribution >= 0.6 is 0 Å². The first kappa shape index (κ1) is 20.4. The Bertz CT molecular complexity index is 1250. The molecule has 2 amide bonds. The molecular weight excluding hydrogens is 394 g/mol. The topological polar surface area (TPSA) is 110 Å². The van der Waals surface area contributed by atoms with Gasteiger partial charge >= 0.3 is 0 Å². The Kier molecular flexibility index (Phi) is 5.57.